The molecule has 4 atom stereocenters. The van der Waals surface area contributed by atoms with Gasteiger partial charge in [-0.25, -0.2) is 0 Å². The molecule has 5 heteroatoms. The van der Waals surface area contributed by atoms with E-state index in [0.29, 0.717) is 6.54 Å². The Morgan fingerprint density at radius 1 is 1.33 bits per heavy atom. The fourth-order valence-corrected chi connectivity index (χ4v) is 5.04. The molecule has 0 aromatic heterocycles. The first-order valence-corrected chi connectivity index (χ1v) is 10.1. The molecular formula is C22H32N2O3. The third-order valence-electron chi connectivity index (χ3n) is 6.59. The first-order chi connectivity index (χ1) is 12.6. The summed E-state index contributed by atoms with van der Waals surface area (Å²) in [5.74, 6) is 0.923. The monoisotopic (exact) mass is 372 g/mol. The minimum absolute atomic E-state index is 0.0424. The van der Waals surface area contributed by atoms with Crippen LogP contribution in [0.5, 0.6) is 5.75 Å². The van der Waals surface area contributed by atoms with E-state index in [-0.39, 0.29) is 41.1 Å². The lowest BCUT2D eigenvalue weighted by atomic mass is 9.73. The van der Waals surface area contributed by atoms with Gasteiger partial charge in [-0.05, 0) is 49.8 Å². The Hall–Kier alpha value is -1.59. The van der Waals surface area contributed by atoms with Gasteiger partial charge in [-0.3, -0.25) is 9.69 Å². The number of carbonyl (C=O) groups is 1. The molecule has 1 amide bonds. The van der Waals surface area contributed by atoms with E-state index in [4.69, 9.17) is 15.2 Å². The summed E-state index contributed by atoms with van der Waals surface area (Å²) in [6, 6.07) is 6.80. The van der Waals surface area contributed by atoms with Crippen molar-refractivity contribution in [2.45, 2.75) is 76.7 Å². The minimum Gasteiger partial charge on any atom is -0.487 e. The number of nitrogens with two attached hydrogens (primary N) is 1. The number of hydrogen-bond acceptors (Lipinski definition) is 4. The van der Waals surface area contributed by atoms with Crippen LogP contribution in [0, 0.1) is 5.92 Å². The predicted octanol–water partition coefficient (Wildman–Crippen LogP) is 3.16. The summed E-state index contributed by atoms with van der Waals surface area (Å²) in [6.45, 7) is 12.2. The lowest BCUT2D eigenvalue weighted by Crippen LogP contribution is -2.54. The highest BCUT2D eigenvalue weighted by atomic mass is 16.5. The van der Waals surface area contributed by atoms with Crippen LogP contribution in [0.4, 0.5) is 0 Å². The van der Waals surface area contributed by atoms with Gasteiger partial charge in [0.1, 0.15) is 11.4 Å². The number of amides is 1. The van der Waals surface area contributed by atoms with Gasteiger partial charge in [-0.1, -0.05) is 26.8 Å². The van der Waals surface area contributed by atoms with Gasteiger partial charge in [0.05, 0.1) is 18.8 Å². The number of benzene rings is 1. The second-order valence-corrected chi connectivity index (χ2v) is 9.94. The van der Waals surface area contributed by atoms with Crippen LogP contribution >= 0.6 is 0 Å². The number of rotatable bonds is 2. The summed E-state index contributed by atoms with van der Waals surface area (Å²) in [6.07, 6.45) is 2.12. The molecule has 0 unspecified atom stereocenters. The van der Waals surface area contributed by atoms with Gasteiger partial charge in [0.25, 0.3) is 0 Å². The Morgan fingerprint density at radius 2 is 2.07 bits per heavy atom. The van der Waals surface area contributed by atoms with Crippen molar-refractivity contribution in [3.05, 3.63) is 29.3 Å². The van der Waals surface area contributed by atoms with E-state index in [9.17, 15) is 4.79 Å². The van der Waals surface area contributed by atoms with Gasteiger partial charge in [-0.2, -0.15) is 0 Å². The van der Waals surface area contributed by atoms with Crippen molar-refractivity contribution in [2.24, 2.45) is 11.7 Å². The lowest BCUT2D eigenvalue weighted by Gasteiger charge is -2.51. The molecule has 2 fully saturated rings. The number of primary amides is 1. The molecule has 3 heterocycles. The molecule has 3 aliphatic rings. The fraction of sp³-hybridized carbons (Fsp3) is 0.682. The summed E-state index contributed by atoms with van der Waals surface area (Å²) >= 11 is 0. The molecule has 0 bridgehead atoms. The van der Waals surface area contributed by atoms with Gasteiger partial charge >= 0.3 is 0 Å². The smallest absolute Gasteiger partial charge is 0.231 e. The Morgan fingerprint density at radius 3 is 2.74 bits per heavy atom. The van der Waals surface area contributed by atoms with Crippen LogP contribution in [0.1, 0.15) is 64.7 Å². The standard InChI is InChI=1S/C22H32N2O3/c1-21(2,3)13-6-7-17-14(10-13)20-15(22(4,5)27-17)11-16-18(26-20)8-9-24(16)12-19(23)25/h6-7,10,15-16,18,20H,8-9,11-12H2,1-5H3,(H2,23,25)/t15-,16-,18-,20+/m0/s1. The second kappa shape index (κ2) is 6.21. The summed E-state index contributed by atoms with van der Waals surface area (Å²) in [4.78, 5) is 13.6. The van der Waals surface area contributed by atoms with Crippen LogP contribution in [0.3, 0.4) is 0 Å². The molecule has 2 N–H and O–H groups in total. The van der Waals surface area contributed by atoms with Crippen molar-refractivity contribution < 1.29 is 14.3 Å². The molecule has 4 rings (SSSR count). The lowest BCUT2D eigenvalue weighted by molar-refractivity contribution is -0.162. The Labute approximate surface area is 162 Å². The predicted molar refractivity (Wildman–Crippen MR) is 105 cm³/mol. The highest BCUT2D eigenvalue weighted by Gasteiger charge is 2.53. The van der Waals surface area contributed by atoms with Crippen molar-refractivity contribution in [3.8, 4) is 5.75 Å². The van der Waals surface area contributed by atoms with Crippen LogP contribution in [0.25, 0.3) is 0 Å². The maximum atomic E-state index is 11.5. The maximum Gasteiger partial charge on any atom is 0.231 e. The molecule has 2 saturated heterocycles. The highest BCUT2D eigenvalue weighted by molar-refractivity contribution is 5.76. The molecule has 27 heavy (non-hydrogen) atoms. The first-order valence-electron chi connectivity index (χ1n) is 10.1. The molecule has 1 aromatic carbocycles. The van der Waals surface area contributed by atoms with Gasteiger partial charge in [0.15, 0.2) is 0 Å². The Balaban J connectivity index is 1.68. The van der Waals surface area contributed by atoms with E-state index in [0.717, 1.165) is 25.1 Å². The fourth-order valence-electron chi connectivity index (χ4n) is 5.04. The van der Waals surface area contributed by atoms with Crippen LogP contribution in [0.2, 0.25) is 0 Å². The molecule has 0 aliphatic carbocycles. The maximum absolute atomic E-state index is 11.5. The van der Waals surface area contributed by atoms with Crippen molar-refractivity contribution in [3.63, 3.8) is 0 Å². The van der Waals surface area contributed by atoms with Gasteiger partial charge in [0.2, 0.25) is 5.91 Å². The van der Waals surface area contributed by atoms with Crippen LogP contribution in [-0.4, -0.2) is 41.6 Å². The van der Waals surface area contributed by atoms with Gasteiger partial charge in [0, 0.05) is 24.1 Å². The Bertz CT molecular complexity index is 752. The highest BCUT2D eigenvalue weighted by Crippen LogP contribution is 2.53. The molecule has 1 aromatic rings. The number of hydrogen-bond donors (Lipinski definition) is 1. The zero-order valence-electron chi connectivity index (χ0n) is 17.1. The summed E-state index contributed by atoms with van der Waals surface area (Å²) in [5.41, 5.74) is 7.71. The van der Waals surface area contributed by atoms with Crippen molar-refractivity contribution in [1.82, 2.24) is 4.90 Å². The summed E-state index contributed by atoms with van der Waals surface area (Å²) in [5, 5.41) is 0. The third kappa shape index (κ3) is 3.25. The zero-order chi connectivity index (χ0) is 19.6. The van der Waals surface area contributed by atoms with Crippen molar-refractivity contribution in [1.29, 1.82) is 0 Å². The third-order valence-corrected chi connectivity index (χ3v) is 6.59. The second-order valence-electron chi connectivity index (χ2n) is 9.94. The average molecular weight is 373 g/mol. The zero-order valence-corrected chi connectivity index (χ0v) is 17.1. The molecule has 0 spiro atoms. The van der Waals surface area contributed by atoms with Crippen molar-refractivity contribution >= 4 is 5.91 Å². The summed E-state index contributed by atoms with van der Waals surface area (Å²) < 4.78 is 13.1. The van der Waals surface area contributed by atoms with Crippen molar-refractivity contribution in [2.75, 3.05) is 13.1 Å². The normalized spacial score (nSPS) is 32.2. The van der Waals surface area contributed by atoms with Crippen LogP contribution < -0.4 is 10.5 Å². The van der Waals surface area contributed by atoms with E-state index in [2.05, 4.69) is 57.7 Å². The van der Waals surface area contributed by atoms with Gasteiger partial charge in [-0.15, -0.1) is 0 Å². The average Bonchev–Trinajstić information content (AvgIpc) is 2.93. The molecule has 5 nitrogen and oxygen atoms in total. The Kier molecular flexibility index (Phi) is 4.32. The quantitative estimate of drug-likeness (QED) is 0.866. The molecule has 0 saturated carbocycles. The largest absolute Gasteiger partial charge is 0.487 e. The van der Waals surface area contributed by atoms with Crippen LogP contribution in [-0.2, 0) is 14.9 Å². The molecule has 148 valence electrons. The van der Waals surface area contributed by atoms with E-state index < -0.39 is 0 Å². The number of ether oxygens (including phenoxy) is 2. The molecule has 0 radical (unpaired) electrons. The van der Waals surface area contributed by atoms with E-state index in [1.54, 1.807) is 0 Å². The van der Waals surface area contributed by atoms with Gasteiger partial charge < -0.3 is 15.2 Å². The van der Waals surface area contributed by atoms with E-state index in [1.807, 2.05) is 0 Å². The number of carbonyl (C=O) groups excluding carboxylic acids is 1. The topological polar surface area (TPSA) is 64.8 Å². The minimum atomic E-state index is -0.313. The number of likely N-dealkylation sites (tertiary alicyclic amines) is 1. The first kappa shape index (κ1) is 18.8. The SMILES string of the molecule is CC(C)(C)c1ccc2c(c1)[C@H]1O[C@H]3CCN(CC(N)=O)[C@H]3C[C@@H]1C(C)(C)O2. The molecule has 3 aliphatic heterocycles. The van der Waals surface area contributed by atoms with Crippen LogP contribution in [0.15, 0.2) is 18.2 Å². The van der Waals surface area contributed by atoms with E-state index in [1.165, 1.54) is 11.1 Å². The van der Waals surface area contributed by atoms with E-state index >= 15 is 0 Å². The molecular weight excluding hydrogens is 340 g/mol. The number of fused-ring (bicyclic) bond motifs is 4. The number of nitrogens with zero attached hydrogens (tertiary/aromatic N) is 1. The summed E-state index contributed by atoms with van der Waals surface area (Å²) in [7, 11) is 0.